The van der Waals surface area contributed by atoms with Crippen LogP contribution in [0.2, 0.25) is 0 Å². The molecule has 0 radical (unpaired) electrons. The molecular weight excluding hydrogens is 414 g/mol. The molecule has 4 amide bonds. The molecule has 2 aliphatic heterocycles. The van der Waals surface area contributed by atoms with Crippen molar-refractivity contribution < 1.29 is 14.4 Å². The second-order valence-corrected chi connectivity index (χ2v) is 8.44. The molecule has 2 aromatic carbocycles. The van der Waals surface area contributed by atoms with Gasteiger partial charge in [0.2, 0.25) is 5.91 Å². The molecule has 2 unspecified atom stereocenters. The van der Waals surface area contributed by atoms with Crippen LogP contribution >= 0.6 is 11.8 Å². The van der Waals surface area contributed by atoms with Crippen LogP contribution in [0.15, 0.2) is 59.6 Å². The summed E-state index contributed by atoms with van der Waals surface area (Å²) >= 11 is 1.26. The van der Waals surface area contributed by atoms with Crippen LogP contribution in [0, 0.1) is 6.92 Å². The number of hydrogen-bond donors (Lipinski definition) is 2. The molecule has 4 rings (SSSR count). The lowest BCUT2D eigenvalue weighted by Gasteiger charge is -2.36. The highest BCUT2D eigenvalue weighted by atomic mass is 32.2. The first-order valence-electron chi connectivity index (χ1n) is 9.88. The fraction of sp³-hybridized carbons (Fsp3) is 0.273. The van der Waals surface area contributed by atoms with Gasteiger partial charge in [-0.15, -0.1) is 0 Å². The normalized spacial score (nSPS) is 20.3. The van der Waals surface area contributed by atoms with Crippen molar-refractivity contribution in [1.82, 2.24) is 15.1 Å². The number of para-hydroxylation sites is 1. The van der Waals surface area contributed by atoms with E-state index in [0.717, 1.165) is 16.8 Å². The zero-order valence-corrected chi connectivity index (χ0v) is 18.1. The summed E-state index contributed by atoms with van der Waals surface area (Å²) in [6.07, 6.45) is -0.620. The van der Waals surface area contributed by atoms with E-state index in [1.807, 2.05) is 66.4 Å². The first kappa shape index (κ1) is 20.9. The Labute approximate surface area is 184 Å². The number of aryl methyl sites for hydroxylation is 1. The number of anilines is 1. The summed E-state index contributed by atoms with van der Waals surface area (Å²) in [5.41, 5.74) is 2.86. The molecule has 160 valence electrons. The number of thioether (sulfide) groups is 1. The van der Waals surface area contributed by atoms with Gasteiger partial charge in [-0.25, -0.2) is 9.79 Å². The molecule has 0 aromatic heterocycles. The lowest BCUT2D eigenvalue weighted by Crippen LogP contribution is -2.63. The lowest BCUT2D eigenvalue weighted by molar-refractivity contribution is -0.127. The third kappa shape index (κ3) is 4.56. The van der Waals surface area contributed by atoms with Crippen molar-refractivity contribution >= 4 is 40.5 Å². The molecule has 2 atom stereocenters. The number of imide groups is 1. The molecular formula is C22H23N5O3S. The summed E-state index contributed by atoms with van der Waals surface area (Å²) in [5, 5.41) is 5.80. The van der Waals surface area contributed by atoms with E-state index in [2.05, 4.69) is 15.6 Å². The van der Waals surface area contributed by atoms with Crippen LogP contribution in [0.25, 0.3) is 0 Å². The molecule has 8 nitrogen and oxygen atoms in total. The van der Waals surface area contributed by atoms with Crippen molar-refractivity contribution in [2.24, 2.45) is 4.99 Å². The number of benzene rings is 2. The molecule has 0 bridgehead atoms. The Morgan fingerprint density at radius 3 is 2.68 bits per heavy atom. The van der Waals surface area contributed by atoms with Gasteiger partial charge in [0.1, 0.15) is 0 Å². The predicted molar refractivity (Wildman–Crippen MR) is 121 cm³/mol. The van der Waals surface area contributed by atoms with Gasteiger partial charge in [0.25, 0.3) is 5.91 Å². The average Bonchev–Trinajstić information content (AvgIpc) is 3.10. The maximum atomic E-state index is 12.7. The second-order valence-electron chi connectivity index (χ2n) is 7.50. The number of fused-ring (bicyclic) bond motifs is 1. The Kier molecular flexibility index (Phi) is 5.94. The van der Waals surface area contributed by atoms with Crippen LogP contribution < -0.4 is 10.6 Å². The number of likely N-dealkylation sites (N-methyl/N-ethyl adjacent to an activating group) is 1. The predicted octanol–water partition coefficient (Wildman–Crippen LogP) is 2.41. The molecule has 2 aromatic rings. The molecule has 9 heteroatoms. The minimum Gasteiger partial charge on any atom is -0.331 e. The third-order valence-corrected chi connectivity index (χ3v) is 6.15. The van der Waals surface area contributed by atoms with Gasteiger partial charge < -0.3 is 15.1 Å². The van der Waals surface area contributed by atoms with Gasteiger partial charge in [-0.1, -0.05) is 59.8 Å². The van der Waals surface area contributed by atoms with Gasteiger partial charge in [0.15, 0.2) is 17.4 Å². The monoisotopic (exact) mass is 437 g/mol. The molecule has 2 heterocycles. The van der Waals surface area contributed by atoms with Crippen LogP contribution in [0.3, 0.4) is 0 Å². The minimum absolute atomic E-state index is 0.136. The third-order valence-electron chi connectivity index (χ3n) is 5.15. The van der Waals surface area contributed by atoms with Crippen LogP contribution in [0.4, 0.5) is 10.5 Å². The Bertz CT molecular complexity index is 1040. The van der Waals surface area contributed by atoms with Crippen LogP contribution in [-0.4, -0.2) is 57.8 Å². The smallest absolute Gasteiger partial charge is 0.325 e. The maximum Gasteiger partial charge on any atom is 0.325 e. The van der Waals surface area contributed by atoms with Gasteiger partial charge in [-0.3, -0.25) is 14.9 Å². The summed E-state index contributed by atoms with van der Waals surface area (Å²) < 4.78 is 0. The van der Waals surface area contributed by atoms with Crippen molar-refractivity contribution in [1.29, 1.82) is 0 Å². The maximum absolute atomic E-state index is 12.7. The summed E-state index contributed by atoms with van der Waals surface area (Å²) in [6, 6.07) is 16.1. The summed E-state index contributed by atoms with van der Waals surface area (Å²) in [5.74, 6) is -0.413. The van der Waals surface area contributed by atoms with Crippen molar-refractivity contribution in [2.75, 3.05) is 18.1 Å². The van der Waals surface area contributed by atoms with E-state index in [4.69, 9.17) is 0 Å². The summed E-state index contributed by atoms with van der Waals surface area (Å²) in [7, 11) is 1.61. The number of amidine groups is 1. The minimum atomic E-state index is -0.636. The van der Waals surface area contributed by atoms with E-state index >= 15 is 0 Å². The molecule has 2 aliphatic rings. The first-order chi connectivity index (χ1) is 14.9. The van der Waals surface area contributed by atoms with Crippen LogP contribution in [-0.2, 0) is 16.1 Å². The van der Waals surface area contributed by atoms with Crippen molar-refractivity contribution in [3.8, 4) is 0 Å². The van der Waals surface area contributed by atoms with Crippen molar-refractivity contribution in [2.45, 2.75) is 25.7 Å². The second kappa shape index (κ2) is 8.81. The molecule has 0 aliphatic carbocycles. The number of hydrogen-bond acceptors (Lipinski definition) is 6. The van der Waals surface area contributed by atoms with E-state index in [1.54, 1.807) is 7.05 Å². The van der Waals surface area contributed by atoms with E-state index in [1.165, 1.54) is 16.7 Å². The van der Waals surface area contributed by atoms with Gasteiger partial charge in [0, 0.05) is 19.3 Å². The Balaban J connectivity index is 1.53. The molecule has 2 N–H and O–H groups in total. The highest BCUT2D eigenvalue weighted by molar-refractivity contribution is 8.14. The number of amides is 4. The fourth-order valence-electron chi connectivity index (χ4n) is 3.64. The molecule has 0 spiro atoms. The largest absolute Gasteiger partial charge is 0.331 e. The topological polar surface area (TPSA) is 94.1 Å². The number of nitrogens with zero attached hydrogens (tertiary/aromatic N) is 3. The number of carbonyl (C=O) groups excluding carboxylic acids is 3. The van der Waals surface area contributed by atoms with E-state index in [-0.39, 0.29) is 17.6 Å². The van der Waals surface area contributed by atoms with E-state index in [0.29, 0.717) is 11.7 Å². The molecule has 0 saturated carbocycles. The zero-order chi connectivity index (χ0) is 22.0. The number of carbonyl (C=O) groups is 3. The summed E-state index contributed by atoms with van der Waals surface area (Å²) in [6.45, 7) is 2.46. The first-order valence-corrected chi connectivity index (χ1v) is 10.9. The van der Waals surface area contributed by atoms with Crippen LogP contribution in [0.1, 0.15) is 11.1 Å². The molecule has 1 fully saturated rings. The van der Waals surface area contributed by atoms with E-state index < -0.39 is 18.2 Å². The van der Waals surface area contributed by atoms with Gasteiger partial charge in [-0.05, 0) is 24.6 Å². The van der Waals surface area contributed by atoms with Gasteiger partial charge in [0.05, 0.1) is 5.75 Å². The fourth-order valence-corrected chi connectivity index (χ4v) is 4.50. The average molecular weight is 438 g/mol. The number of rotatable bonds is 5. The standard InChI is InChI=1S/C22H23N5O3S/c1-14-7-6-8-15(11-14)12-27-18-19(26(2)21(30)25-20(18)29)24-22(27)31-13-17(28)23-16-9-4-3-5-10-16/h3-11,18-19H,12-13H2,1-2H3,(H,23,28)(H,25,29,30). The van der Waals surface area contributed by atoms with E-state index in [9.17, 15) is 14.4 Å². The lowest BCUT2D eigenvalue weighted by atomic mass is 10.1. The number of aliphatic imine (C=N–C) groups is 1. The molecule has 31 heavy (non-hydrogen) atoms. The number of urea groups is 1. The quantitative estimate of drug-likeness (QED) is 0.749. The van der Waals surface area contributed by atoms with Gasteiger partial charge >= 0.3 is 6.03 Å². The Hall–Kier alpha value is -3.33. The highest BCUT2D eigenvalue weighted by Crippen LogP contribution is 2.30. The SMILES string of the molecule is Cc1cccc(CN2C(SCC(=O)Nc3ccccc3)=NC3C2C(=O)NC(=O)N3C)c1. The number of nitrogens with one attached hydrogen (secondary N) is 2. The Morgan fingerprint density at radius 1 is 1.16 bits per heavy atom. The zero-order valence-electron chi connectivity index (χ0n) is 17.2. The Morgan fingerprint density at radius 2 is 1.94 bits per heavy atom. The van der Waals surface area contributed by atoms with Crippen molar-refractivity contribution in [3.05, 3.63) is 65.7 Å². The summed E-state index contributed by atoms with van der Waals surface area (Å²) in [4.78, 5) is 45.1. The molecule has 1 saturated heterocycles. The highest BCUT2D eigenvalue weighted by Gasteiger charge is 2.48. The van der Waals surface area contributed by atoms with Crippen molar-refractivity contribution in [3.63, 3.8) is 0 Å². The van der Waals surface area contributed by atoms with Gasteiger partial charge in [-0.2, -0.15) is 0 Å². The van der Waals surface area contributed by atoms with Crippen LogP contribution in [0.5, 0.6) is 0 Å².